The summed E-state index contributed by atoms with van der Waals surface area (Å²) in [7, 11) is 0. The van der Waals surface area contributed by atoms with Crippen LogP contribution >= 0.6 is 0 Å². The Kier molecular flexibility index (Phi) is 8.22. The van der Waals surface area contributed by atoms with Crippen LogP contribution in [0.2, 0.25) is 0 Å². The molecule has 0 atom stereocenters. The van der Waals surface area contributed by atoms with Gasteiger partial charge in [-0.15, -0.1) is 15.3 Å². The van der Waals surface area contributed by atoms with Crippen LogP contribution in [0.15, 0.2) is 103 Å². The summed E-state index contributed by atoms with van der Waals surface area (Å²) < 4.78 is 0. The number of rotatable bonds is 6. The quantitative estimate of drug-likeness (QED) is 0.122. The third kappa shape index (κ3) is 6.37. The Labute approximate surface area is 234 Å². The molecule has 0 aromatic heterocycles. The molecule has 15 nitrogen and oxygen atoms in total. The van der Waals surface area contributed by atoms with Gasteiger partial charge in [-0.1, -0.05) is 51.7 Å². The molecule has 0 aliphatic rings. The maximum Gasteiger partial charge on any atom is 0.449 e. The van der Waals surface area contributed by atoms with Crippen LogP contribution in [0.1, 0.15) is 0 Å². The maximum atomic E-state index is 11.3. The number of azo groups is 3. The second-order valence-electron chi connectivity index (χ2n) is 8.26. The minimum atomic E-state index is -1.49. The van der Waals surface area contributed by atoms with Gasteiger partial charge in [0.1, 0.15) is 17.2 Å². The van der Waals surface area contributed by atoms with Crippen LogP contribution in [0, 0.1) is 0 Å². The molecule has 15 heteroatoms. The fourth-order valence-electron chi connectivity index (χ4n) is 3.92. The van der Waals surface area contributed by atoms with Gasteiger partial charge in [-0.25, -0.2) is 14.4 Å². The summed E-state index contributed by atoms with van der Waals surface area (Å²) in [5, 5.41) is 79.9. The van der Waals surface area contributed by atoms with E-state index in [0.29, 0.717) is 0 Å². The molecule has 4 rings (SSSR count). The Hall–Kier alpha value is -6.51. The van der Waals surface area contributed by atoms with E-state index in [0.717, 1.165) is 0 Å². The van der Waals surface area contributed by atoms with Crippen LogP contribution in [0.4, 0.5) is 31.4 Å². The van der Waals surface area contributed by atoms with Gasteiger partial charge in [-0.3, -0.25) is 0 Å². The second-order valence-corrected chi connectivity index (χ2v) is 8.26. The molecule has 6 N–H and O–H groups in total. The molecule has 3 amide bonds. The summed E-state index contributed by atoms with van der Waals surface area (Å²) in [6, 6.07) is 17.1. The summed E-state index contributed by atoms with van der Waals surface area (Å²) in [4.78, 5) is 32.0. The number of aromatic hydroxyl groups is 3. The average Bonchev–Trinajstić information content (AvgIpc) is 2.95. The Morgan fingerprint density at radius 2 is 0.619 bits per heavy atom. The molecule has 0 aliphatic heterocycles. The molecule has 42 heavy (non-hydrogen) atoms. The first-order valence-electron chi connectivity index (χ1n) is 11.6. The summed E-state index contributed by atoms with van der Waals surface area (Å²) in [6.45, 7) is 0. The number of carbonyl (C=O) groups is 3. The molecule has 0 saturated carbocycles. The lowest BCUT2D eigenvalue weighted by Gasteiger charge is -2.19. The van der Waals surface area contributed by atoms with Gasteiger partial charge in [-0.05, 0) is 53.1 Å². The highest BCUT2D eigenvalue weighted by Gasteiger charge is 2.26. The number of hydrogen-bond donors (Lipinski definition) is 6. The van der Waals surface area contributed by atoms with Gasteiger partial charge in [0.05, 0.1) is 33.8 Å². The molecule has 0 unspecified atom stereocenters. The molecular formula is C27H18N6O9. The zero-order valence-corrected chi connectivity index (χ0v) is 21.0. The summed E-state index contributed by atoms with van der Waals surface area (Å²) >= 11 is 0. The van der Waals surface area contributed by atoms with Crippen molar-refractivity contribution in [1.29, 1.82) is 0 Å². The van der Waals surface area contributed by atoms with Gasteiger partial charge in [0, 0.05) is 0 Å². The van der Waals surface area contributed by atoms with E-state index in [4.69, 9.17) is 15.3 Å². The fourth-order valence-corrected chi connectivity index (χ4v) is 3.92. The Morgan fingerprint density at radius 3 is 0.810 bits per heavy atom. The van der Waals surface area contributed by atoms with Crippen molar-refractivity contribution in [2.45, 2.75) is 0 Å². The predicted molar refractivity (Wildman–Crippen MR) is 145 cm³/mol. The van der Waals surface area contributed by atoms with E-state index in [-0.39, 0.29) is 50.4 Å². The van der Waals surface area contributed by atoms with Crippen LogP contribution in [-0.4, -0.2) is 48.9 Å². The third-order valence-corrected chi connectivity index (χ3v) is 5.64. The zero-order valence-electron chi connectivity index (χ0n) is 21.0. The number of carboxylic acid groups (broad SMARTS) is 3. The van der Waals surface area contributed by atoms with E-state index < -0.39 is 35.5 Å². The van der Waals surface area contributed by atoms with E-state index >= 15 is 0 Å². The minimum Gasteiger partial charge on any atom is -0.506 e. The van der Waals surface area contributed by atoms with Crippen molar-refractivity contribution in [2.24, 2.45) is 30.7 Å². The second kappa shape index (κ2) is 12.1. The topological polar surface area (TPSA) is 247 Å². The van der Waals surface area contributed by atoms with Crippen LogP contribution in [0.25, 0.3) is 33.4 Å². The van der Waals surface area contributed by atoms with Gasteiger partial charge in [0.15, 0.2) is 0 Å². The molecule has 210 valence electrons. The molecule has 0 heterocycles. The van der Waals surface area contributed by atoms with Crippen LogP contribution in [0.3, 0.4) is 0 Å². The number of hydrogen-bond acceptors (Lipinski definition) is 9. The van der Waals surface area contributed by atoms with Crippen molar-refractivity contribution in [2.75, 3.05) is 0 Å². The monoisotopic (exact) mass is 570 g/mol. The highest BCUT2D eigenvalue weighted by Crippen LogP contribution is 2.55. The molecule has 0 bridgehead atoms. The van der Waals surface area contributed by atoms with E-state index in [1.165, 1.54) is 72.8 Å². The smallest absolute Gasteiger partial charge is 0.449 e. The Morgan fingerprint density at radius 1 is 0.405 bits per heavy atom. The van der Waals surface area contributed by atoms with Gasteiger partial charge < -0.3 is 30.6 Å². The summed E-state index contributed by atoms with van der Waals surface area (Å²) in [5.74, 6) is -1.54. The van der Waals surface area contributed by atoms with Crippen LogP contribution < -0.4 is 0 Å². The number of benzene rings is 4. The first kappa shape index (κ1) is 28.5. The fraction of sp³-hybridized carbons (Fsp3) is 0. The van der Waals surface area contributed by atoms with Crippen molar-refractivity contribution in [3.8, 4) is 50.6 Å². The normalized spacial score (nSPS) is 11.4. The van der Waals surface area contributed by atoms with Crippen molar-refractivity contribution >= 4 is 35.3 Å². The SMILES string of the molecule is O=C(O)N=Nc1ccc(-c2c(O)c(-c3ccc(N=NC(=O)O)cc3)c(O)c(-c3ccc(N=NC(=O)O)cc3)c2O)cc1. The maximum absolute atomic E-state index is 11.3. The van der Waals surface area contributed by atoms with E-state index in [2.05, 4.69) is 30.7 Å². The Balaban J connectivity index is 1.91. The molecule has 0 aliphatic carbocycles. The number of phenols is 3. The Bertz CT molecular complexity index is 1540. The third-order valence-electron chi connectivity index (χ3n) is 5.64. The van der Waals surface area contributed by atoms with Gasteiger partial charge in [0.2, 0.25) is 0 Å². The van der Waals surface area contributed by atoms with Crippen molar-refractivity contribution in [3.05, 3.63) is 72.8 Å². The van der Waals surface area contributed by atoms with Crippen molar-refractivity contribution < 1.29 is 45.0 Å². The number of amides is 3. The zero-order chi connectivity index (χ0) is 30.4. The largest absolute Gasteiger partial charge is 0.506 e. The molecule has 4 aromatic carbocycles. The standard InChI is InChI=1S/C27H18N6O9/c34-22-19(13-1-7-16(8-2-13)28-31-25(37)38)23(35)21(15-5-11-18(12-6-15)30-33-27(41)42)24(36)20(22)14-3-9-17(10-4-14)29-32-26(39)40/h1-12,34-36H,(H,37,38)(H,39,40)(H,41,42). The van der Waals surface area contributed by atoms with Crippen LogP contribution in [-0.2, 0) is 0 Å². The van der Waals surface area contributed by atoms with Gasteiger partial charge in [-0.2, -0.15) is 0 Å². The molecule has 4 aromatic rings. The average molecular weight is 570 g/mol. The molecular weight excluding hydrogens is 552 g/mol. The number of nitrogens with zero attached hydrogens (tertiary/aromatic N) is 6. The van der Waals surface area contributed by atoms with E-state index in [9.17, 15) is 29.7 Å². The lowest BCUT2D eigenvalue weighted by molar-refractivity contribution is 0.202. The molecule has 0 spiro atoms. The minimum absolute atomic E-state index is 0.0937. The lowest BCUT2D eigenvalue weighted by atomic mass is 9.89. The van der Waals surface area contributed by atoms with Gasteiger partial charge >= 0.3 is 18.3 Å². The van der Waals surface area contributed by atoms with Crippen molar-refractivity contribution in [3.63, 3.8) is 0 Å². The lowest BCUT2D eigenvalue weighted by Crippen LogP contribution is -1.92. The highest BCUT2D eigenvalue weighted by atomic mass is 16.4. The number of phenolic OH excluding ortho intramolecular Hbond substituents is 3. The summed E-state index contributed by atoms with van der Waals surface area (Å²) in [5.41, 5.74) is 1.04. The molecule has 0 radical (unpaired) electrons. The van der Waals surface area contributed by atoms with E-state index in [1.54, 1.807) is 0 Å². The first-order chi connectivity index (χ1) is 20.0. The molecule has 0 fully saturated rings. The van der Waals surface area contributed by atoms with E-state index in [1.807, 2.05) is 0 Å². The highest BCUT2D eigenvalue weighted by molar-refractivity contribution is 5.98. The van der Waals surface area contributed by atoms with Gasteiger partial charge in [0.25, 0.3) is 0 Å². The predicted octanol–water partition coefficient (Wildman–Crippen LogP) is 8.09. The summed E-state index contributed by atoms with van der Waals surface area (Å²) in [6.07, 6.45) is -4.48. The first-order valence-corrected chi connectivity index (χ1v) is 11.6. The van der Waals surface area contributed by atoms with Crippen molar-refractivity contribution in [1.82, 2.24) is 0 Å². The molecule has 0 saturated heterocycles. The van der Waals surface area contributed by atoms with Crippen LogP contribution in [0.5, 0.6) is 17.2 Å².